The number of aromatic nitrogens is 8. The van der Waals surface area contributed by atoms with E-state index in [0.717, 1.165) is 0 Å². The van der Waals surface area contributed by atoms with Crippen LogP contribution in [0.1, 0.15) is 86.1 Å². The molecule has 434 valence electrons. The molecule has 5 rings (SSSR count). The van der Waals surface area contributed by atoms with E-state index in [1.807, 2.05) is 0 Å². The van der Waals surface area contributed by atoms with Crippen LogP contribution in [0.25, 0.3) is 0 Å². The highest BCUT2D eigenvalue weighted by Crippen LogP contribution is 2.14. The van der Waals surface area contributed by atoms with Crippen molar-refractivity contribution in [2.45, 2.75) is 138 Å². The number of nitrogens with zero attached hydrogens (tertiary/aromatic N) is 4. The summed E-state index contributed by atoms with van der Waals surface area (Å²) < 4.78 is 0. The van der Waals surface area contributed by atoms with Crippen LogP contribution in [0.5, 0.6) is 5.75 Å². The number of hydrogen-bond donors (Lipinski definition) is 17. The van der Waals surface area contributed by atoms with Crippen LogP contribution in [0, 0.1) is 0 Å². The summed E-state index contributed by atoms with van der Waals surface area (Å²) in [5, 5.41) is 38.8. The van der Waals surface area contributed by atoms with Gasteiger partial charge >= 0.3 is 5.97 Å². The van der Waals surface area contributed by atoms with Crippen molar-refractivity contribution in [1.29, 1.82) is 0 Å². The molecule has 0 saturated heterocycles. The minimum Gasteiger partial charge on any atom is -0.508 e. The van der Waals surface area contributed by atoms with Crippen molar-refractivity contribution in [2.24, 2.45) is 22.9 Å². The maximum atomic E-state index is 14.5. The summed E-state index contributed by atoms with van der Waals surface area (Å²) in [7, 11) is 0. The highest BCUT2D eigenvalue weighted by molar-refractivity contribution is 5.98. The predicted octanol–water partition coefficient (Wildman–Crippen LogP) is -3.01. The zero-order chi connectivity index (χ0) is 57.8. The fraction of sp³-hybridized carbons (Fsp3) is 0.490. The van der Waals surface area contributed by atoms with Crippen LogP contribution >= 0.6 is 0 Å². The molecule has 0 aliphatic heterocycles. The number of H-pyrrole nitrogens is 4. The van der Waals surface area contributed by atoms with Gasteiger partial charge in [0.25, 0.3) is 0 Å². The molecular weight excluding hydrogens is 1040 g/mol. The molecule has 1 aromatic carbocycles. The molecule has 0 bridgehead atoms. The molecule has 80 heavy (non-hydrogen) atoms. The smallest absolute Gasteiger partial charge is 0.326 e. The second-order valence-electron chi connectivity index (χ2n) is 19.2. The lowest BCUT2D eigenvalue weighted by molar-refractivity contribution is -0.142. The van der Waals surface area contributed by atoms with Gasteiger partial charge in [-0.05, 0) is 95.1 Å². The van der Waals surface area contributed by atoms with Gasteiger partial charge in [-0.2, -0.15) is 0 Å². The number of carboxylic acids is 1. The molecule has 0 saturated carbocycles. The normalized spacial score (nSPS) is 14.2. The molecule has 0 spiro atoms. The Morgan fingerprint density at radius 1 is 0.412 bits per heavy atom. The molecule has 21 N–H and O–H groups in total. The monoisotopic (exact) mass is 1110 g/mol. The van der Waals surface area contributed by atoms with Crippen LogP contribution in [0.15, 0.2) is 74.4 Å². The first-order valence-electron chi connectivity index (χ1n) is 26.4. The Hall–Kier alpha value is -8.54. The van der Waals surface area contributed by atoms with Gasteiger partial charge in [0.05, 0.1) is 31.4 Å². The van der Waals surface area contributed by atoms with Crippen molar-refractivity contribution >= 4 is 47.3 Å². The number of nitrogens with one attached hydrogen (secondary N) is 11. The van der Waals surface area contributed by atoms with E-state index in [0.29, 0.717) is 66.9 Å². The maximum Gasteiger partial charge on any atom is 0.326 e. The number of carbonyl (C=O) groups is 8. The molecule has 8 atom stereocenters. The summed E-state index contributed by atoms with van der Waals surface area (Å²) >= 11 is 0. The number of aromatic hydroxyl groups is 1. The lowest BCUT2D eigenvalue weighted by atomic mass is 10.0. The van der Waals surface area contributed by atoms with Crippen LogP contribution in [0.3, 0.4) is 0 Å². The number of amides is 7. The van der Waals surface area contributed by atoms with E-state index in [-0.39, 0.29) is 76.8 Å². The number of rotatable bonds is 37. The third-order valence-corrected chi connectivity index (χ3v) is 12.9. The Morgan fingerprint density at radius 3 is 1.05 bits per heavy atom. The van der Waals surface area contributed by atoms with Crippen LogP contribution in [0.2, 0.25) is 0 Å². The Labute approximate surface area is 461 Å². The summed E-state index contributed by atoms with van der Waals surface area (Å²) in [5.41, 5.74) is 26.1. The summed E-state index contributed by atoms with van der Waals surface area (Å²) in [6.07, 6.45) is 13.5. The number of phenols is 1. The first-order chi connectivity index (χ1) is 38.6. The zero-order valence-electron chi connectivity index (χ0n) is 44.3. The predicted molar refractivity (Wildman–Crippen MR) is 289 cm³/mol. The van der Waals surface area contributed by atoms with Crippen LogP contribution in [0.4, 0.5) is 0 Å². The Morgan fingerprint density at radius 2 is 0.713 bits per heavy atom. The van der Waals surface area contributed by atoms with Crippen molar-refractivity contribution in [3.8, 4) is 5.75 Å². The number of unbranched alkanes of at least 4 members (excludes halogenated alkanes) is 3. The average molecular weight is 1110 g/mol. The molecular formula is C51H75N19O10. The SMILES string of the molecule is NCCCC[C@H](NC(=O)[C@H](Cc1cnc[nH]1)NC(=O)[C@H](CCCCN)NC(=O)[C@H](CCCCN)NC(=O)[C@H](Cc1cnc[nH]1)NC(=O)[C@H](Cc1ccc(O)cc1)NC(=O)[C@@H](N)Cc1cnc[nH]1)C(=O)N[C@@H](Cc1cnc[nH]1)C(=O)O. The number of aromatic amines is 4. The van der Waals surface area contributed by atoms with Crippen LogP contribution in [-0.4, -0.2) is 165 Å². The van der Waals surface area contributed by atoms with Gasteiger partial charge in [-0.25, -0.2) is 24.7 Å². The van der Waals surface area contributed by atoms with Gasteiger partial charge in [0.2, 0.25) is 41.4 Å². The number of hydrogen-bond acceptors (Lipinski definition) is 17. The number of aliphatic carboxylic acids is 1. The lowest BCUT2D eigenvalue weighted by Crippen LogP contribution is -2.60. The highest BCUT2D eigenvalue weighted by atomic mass is 16.4. The van der Waals surface area contributed by atoms with E-state index in [2.05, 4.69) is 77.1 Å². The Kier molecular flexibility index (Phi) is 25.7. The van der Waals surface area contributed by atoms with Gasteiger partial charge in [-0.3, -0.25) is 33.6 Å². The molecule has 29 nitrogen and oxygen atoms in total. The van der Waals surface area contributed by atoms with Crippen molar-refractivity contribution in [2.75, 3.05) is 19.6 Å². The molecule has 5 aromatic rings. The standard InChI is InChI=1S/C51H75N19O10/c52-14-4-1-7-37(65-50(78)42(20-33-24-58-28-62-33)69-48(76)40(17-30-10-12-35(71)13-11-30)67-44(72)36(55)18-31-22-56-26-60-31)45(73)64-38(8-2-5-15-53)46(74)68-41(19-32-23-57-27-61-32)49(77)66-39(9-3-6-16-54)47(75)70-43(51(79)80)21-34-25-59-29-63-34/h10-13,22-29,36-43,71H,1-9,14-21,52-55H2,(H,56,60)(H,57,61)(H,58,62)(H,59,63)(H,64,73)(H,65,78)(H,66,77)(H,67,72)(H,68,74)(H,69,76)(H,70,75)(H,79,80)/t36-,37-,38-,39-,40-,41-,42-,43-/m0/s1. The van der Waals surface area contributed by atoms with E-state index in [1.165, 1.54) is 62.2 Å². The summed E-state index contributed by atoms with van der Waals surface area (Å²) in [6.45, 7) is 0.791. The number of nitrogens with two attached hydrogens (primary N) is 4. The van der Waals surface area contributed by atoms with E-state index in [4.69, 9.17) is 22.9 Å². The number of carboxylic acid groups (broad SMARTS) is 1. The molecule has 29 heteroatoms. The molecule has 0 fully saturated rings. The fourth-order valence-corrected chi connectivity index (χ4v) is 8.47. The maximum absolute atomic E-state index is 14.5. The molecule has 0 aliphatic carbocycles. The molecule has 4 heterocycles. The summed E-state index contributed by atoms with van der Waals surface area (Å²) in [4.78, 5) is 139. The van der Waals surface area contributed by atoms with E-state index >= 15 is 0 Å². The number of imidazole rings is 4. The van der Waals surface area contributed by atoms with Crippen LogP contribution in [-0.2, 0) is 70.5 Å². The summed E-state index contributed by atoms with van der Waals surface area (Å²) in [6, 6.07) is -4.49. The minimum atomic E-state index is -1.39. The number of benzene rings is 1. The number of phenolic OH excluding ortho intramolecular Hbond substituents is 1. The minimum absolute atomic E-state index is 0.0272. The third kappa shape index (κ3) is 21.0. The summed E-state index contributed by atoms with van der Waals surface area (Å²) in [5.74, 6) is -6.82. The largest absolute Gasteiger partial charge is 0.508 e. The molecule has 4 aromatic heterocycles. The number of carbonyl (C=O) groups excluding carboxylic acids is 7. The van der Waals surface area contributed by atoms with Gasteiger partial charge in [0, 0.05) is 79.7 Å². The first kappa shape index (κ1) is 62.3. The van der Waals surface area contributed by atoms with Gasteiger partial charge in [-0.15, -0.1) is 0 Å². The molecule has 0 aliphatic rings. The van der Waals surface area contributed by atoms with Gasteiger partial charge in [-0.1, -0.05) is 12.1 Å². The topological polar surface area (TPSA) is 480 Å². The van der Waals surface area contributed by atoms with Gasteiger partial charge in [0.15, 0.2) is 0 Å². The van der Waals surface area contributed by atoms with Crippen LogP contribution < -0.4 is 60.2 Å². The average Bonchev–Trinajstić information content (AvgIpc) is 4.31. The third-order valence-electron chi connectivity index (χ3n) is 12.9. The van der Waals surface area contributed by atoms with Crippen molar-refractivity contribution in [3.63, 3.8) is 0 Å². The van der Waals surface area contributed by atoms with Crippen molar-refractivity contribution in [1.82, 2.24) is 77.1 Å². The second kappa shape index (κ2) is 33.0. The Balaban J connectivity index is 1.37. The lowest BCUT2D eigenvalue weighted by Gasteiger charge is -2.28. The molecule has 7 amide bonds. The second-order valence-corrected chi connectivity index (χ2v) is 19.2. The van der Waals surface area contributed by atoms with Crippen molar-refractivity contribution in [3.05, 3.63) is 103 Å². The van der Waals surface area contributed by atoms with E-state index in [9.17, 15) is 48.6 Å². The highest BCUT2D eigenvalue weighted by Gasteiger charge is 2.35. The fourth-order valence-electron chi connectivity index (χ4n) is 8.47. The zero-order valence-corrected chi connectivity index (χ0v) is 44.3. The molecule has 0 unspecified atom stereocenters. The van der Waals surface area contributed by atoms with Gasteiger partial charge < -0.3 is 90.3 Å². The molecule has 0 radical (unpaired) electrons. The first-order valence-corrected chi connectivity index (χ1v) is 26.4. The van der Waals surface area contributed by atoms with E-state index < -0.39 is 95.7 Å². The Bertz CT molecular complexity index is 2670. The quantitative estimate of drug-likeness (QED) is 0.0176. The van der Waals surface area contributed by atoms with E-state index in [1.54, 1.807) is 12.1 Å². The van der Waals surface area contributed by atoms with Crippen molar-refractivity contribution < 1.29 is 48.6 Å². The van der Waals surface area contributed by atoms with Gasteiger partial charge in [0.1, 0.15) is 48.0 Å².